The van der Waals surface area contributed by atoms with Crippen LogP contribution in [0.25, 0.3) is 0 Å². The molecule has 3 rings (SSSR count). The Balaban J connectivity index is 1.81. The summed E-state index contributed by atoms with van der Waals surface area (Å²) < 4.78 is 0. The van der Waals surface area contributed by atoms with Crippen molar-refractivity contribution >= 4 is 23.6 Å². The molecular formula is C16H25N7O. The highest BCUT2D eigenvalue weighted by Gasteiger charge is 2.46. The minimum Gasteiger partial charge on any atom is -0.368 e. The fraction of sp³-hybridized carbons (Fsp3) is 0.625. The average molecular weight is 331 g/mol. The van der Waals surface area contributed by atoms with Crippen LogP contribution in [0.2, 0.25) is 0 Å². The van der Waals surface area contributed by atoms with Crippen LogP contribution in [-0.4, -0.2) is 59.5 Å². The Morgan fingerprint density at radius 3 is 2.50 bits per heavy atom. The molecule has 0 aliphatic carbocycles. The molecule has 24 heavy (non-hydrogen) atoms. The summed E-state index contributed by atoms with van der Waals surface area (Å²) in [5.41, 5.74) is 7.26. The van der Waals surface area contributed by atoms with E-state index in [9.17, 15) is 4.79 Å². The van der Waals surface area contributed by atoms with E-state index in [-0.39, 0.29) is 5.91 Å². The van der Waals surface area contributed by atoms with Gasteiger partial charge in [0.15, 0.2) is 0 Å². The lowest BCUT2D eigenvalue weighted by Crippen LogP contribution is -2.49. The standard InChI is InChI=1S/C16H25N7O/c1-5-11-10(2)12(19-14(17)18-11)23-8-6-16(7-9-23)13(24)20-15(21-16)22(3)4/h5-9H2,1-4H3,(H2,17,18,19)(H,20,21,24). The Kier molecular flexibility index (Phi) is 4.06. The first kappa shape index (κ1) is 16.5. The number of nitrogen functional groups attached to an aromatic ring is 1. The number of aryl methyl sites for hydroxylation is 1. The molecule has 8 heteroatoms. The Morgan fingerprint density at radius 2 is 1.96 bits per heavy atom. The van der Waals surface area contributed by atoms with Crippen molar-refractivity contribution in [3.05, 3.63) is 11.3 Å². The van der Waals surface area contributed by atoms with Crippen molar-refractivity contribution in [3.63, 3.8) is 0 Å². The van der Waals surface area contributed by atoms with E-state index < -0.39 is 5.54 Å². The molecule has 2 aliphatic heterocycles. The van der Waals surface area contributed by atoms with Gasteiger partial charge in [-0.25, -0.2) is 9.98 Å². The Bertz CT molecular complexity index is 690. The van der Waals surface area contributed by atoms with Crippen LogP contribution in [-0.2, 0) is 11.2 Å². The molecule has 3 N–H and O–H groups in total. The summed E-state index contributed by atoms with van der Waals surface area (Å²) in [6, 6.07) is 0. The third-order valence-electron chi connectivity index (χ3n) is 4.85. The van der Waals surface area contributed by atoms with E-state index in [0.29, 0.717) is 24.7 Å². The van der Waals surface area contributed by atoms with Crippen molar-refractivity contribution in [1.29, 1.82) is 0 Å². The van der Waals surface area contributed by atoms with Gasteiger partial charge in [0.1, 0.15) is 11.4 Å². The third kappa shape index (κ3) is 2.65. The highest BCUT2D eigenvalue weighted by molar-refractivity contribution is 6.07. The molecule has 1 saturated heterocycles. The molecule has 1 aromatic heterocycles. The number of amides is 1. The molecule has 0 atom stereocenters. The van der Waals surface area contributed by atoms with Gasteiger partial charge in [0.05, 0.1) is 5.69 Å². The highest BCUT2D eigenvalue weighted by Crippen LogP contribution is 2.33. The van der Waals surface area contributed by atoms with Crippen molar-refractivity contribution in [2.75, 3.05) is 37.8 Å². The number of carbonyl (C=O) groups is 1. The monoisotopic (exact) mass is 331 g/mol. The molecule has 3 heterocycles. The molecule has 1 fully saturated rings. The van der Waals surface area contributed by atoms with Crippen molar-refractivity contribution in [2.24, 2.45) is 4.99 Å². The van der Waals surface area contributed by atoms with E-state index in [0.717, 1.165) is 36.6 Å². The van der Waals surface area contributed by atoms with Crippen molar-refractivity contribution in [1.82, 2.24) is 20.2 Å². The first-order valence-electron chi connectivity index (χ1n) is 8.33. The molecule has 1 spiro atoms. The molecule has 0 unspecified atom stereocenters. The van der Waals surface area contributed by atoms with Crippen molar-refractivity contribution in [3.8, 4) is 0 Å². The number of rotatable bonds is 2. The fourth-order valence-corrected chi connectivity index (χ4v) is 3.36. The van der Waals surface area contributed by atoms with Gasteiger partial charge in [0.25, 0.3) is 5.91 Å². The molecule has 130 valence electrons. The number of piperidine rings is 1. The van der Waals surface area contributed by atoms with E-state index in [2.05, 4.69) is 32.1 Å². The molecule has 2 aliphatic rings. The van der Waals surface area contributed by atoms with Crippen molar-refractivity contribution in [2.45, 2.75) is 38.6 Å². The molecule has 0 aromatic carbocycles. The number of guanidine groups is 1. The maximum Gasteiger partial charge on any atom is 0.254 e. The van der Waals surface area contributed by atoms with Crippen LogP contribution in [0, 0.1) is 6.92 Å². The minimum atomic E-state index is -0.643. The quantitative estimate of drug-likeness (QED) is 0.809. The Hall–Kier alpha value is -2.38. The zero-order chi connectivity index (χ0) is 17.5. The highest BCUT2D eigenvalue weighted by atomic mass is 16.2. The van der Waals surface area contributed by atoms with Crippen LogP contribution in [0.4, 0.5) is 11.8 Å². The molecule has 1 aromatic rings. The predicted octanol–water partition coefficient (Wildman–Crippen LogP) is 0.316. The lowest BCUT2D eigenvalue weighted by Gasteiger charge is -2.36. The van der Waals surface area contributed by atoms with Crippen LogP contribution >= 0.6 is 0 Å². The summed E-state index contributed by atoms with van der Waals surface area (Å²) in [5, 5.41) is 2.88. The summed E-state index contributed by atoms with van der Waals surface area (Å²) in [5.74, 6) is 1.83. The summed E-state index contributed by atoms with van der Waals surface area (Å²) in [6.07, 6.45) is 2.16. The van der Waals surface area contributed by atoms with E-state index in [1.54, 1.807) is 0 Å². The second-order valence-corrected chi connectivity index (χ2v) is 6.63. The summed E-state index contributed by atoms with van der Waals surface area (Å²) in [7, 11) is 3.76. The number of nitrogens with one attached hydrogen (secondary N) is 1. The lowest BCUT2D eigenvalue weighted by molar-refractivity contribution is -0.124. The first-order valence-corrected chi connectivity index (χ1v) is 8.33. The normalized spacial score (nSPS) is 19.4. The van der Waals surface area contributed by atoms with Crippen LogP contribution in [0.1, 0.15) is 31.0 Å². The number of nitrogens with zero attached hydrogens (tertiary/aromatic N) is 5. The van der Waals surface area contributed by atoms with Crippen LogP contribution in [0.15, 0.2) is 4.99 Å². The van der Waals surface area contributed by atoms with Crippen LogP contribution in [0.5, 0.6) is 0 Å². The van der Waals surface area contributed by atoms with E-state index >= 15 is 0 Å². The van der Waals surface area contributed by atoms with Gasteiger partial charge in [-0.1, -0.05) is 6.92 Å². The lowest BCUT2D eigenvalue weighted by atomic mass is 9.88. The Labute approximate surface area is 142 Å². The largest absolute Gasteiger partial charge is 0.368 e. The second-order valence-electron chi connectivity index (χ2n) is 6.63. The van der Waals surface area contributed by atoms with Gasteiger partial charge in [0.2, 0.25) is 11.9 Å². The number of aromatic nitrogens is 2. The van der Waals surface area contributed by atoms with Crippen molar-refractivity contribution < 1.29 is 4.79 Å². The summed E-state index contributed by atoms with van der Waals surface area (Å²) in [4.78, 5) is 29.8. The average Bonchev–Trinajstić information content (AvgIpc) is 2.87. The van der Waals surface area contributed by atoms with E-state index in [1.165, 1.54) is 0 Å². The topological polar surface area (TPSA) is 99.7 Å². The number of hydrogen-bond donors (Lipinski definition) is 2. The van der Waals surface area contributed by atoms with Gasteiger partial charge in [-0.15, -0.1) is 0 Å². The maximum atomic E-state index is 12.4. The number of carbonyl (C=O) groups excluding carboxylic acids is 1. The SMILES string of the molecule is CCc1nc(N)nc(N2CCC3(CC2)N=C(N(C)C)NC3=O)c1C. The maximum absolute atomic E-state index is 12.4. The number of nitrogens with two attached hydrogens (primary N) is 1. The smallest absolute Gasteiger partial charge is 0.254 e. The minimum absolute atomic E-state index is 0.000907. The van der Waals surface area contributed by atoms with E-state index in [1.807, 2.05) is 25.9 Å². The van der Waals surface area contributed by atoms with Gasteiger partial charge >= 0.3 is 0 Å². The zero-order valence-electron chi connectivity index (χ0n) is 14.8. The van der Waals surface area contributed by atoms with Gasteiger partial charge in [0, 0.05) is 32.7 Å². The Morgan fingerprint density at radius 1 is 1.29 bits per heavy atom. The van der Waals surface area contributed by atoms with Gasteiger partial charge in [-0.05, 0) is 26.2 Å². The predicted molar refractivity (Wildman–Crippen MR) is 94.0 cm³/mol. The number of aliphatic imine (C=N–C) groups is 1. The van der Waals surface area contributed by atoms with Crippen LogP contribution < -0.4 is 16.0 Å². The van der Waals surface area contributed by atoms with Gasteiger partial charge in [-0.3, -0.25) is 10.1 Å². The summed E-state index contributed by atoms with van der Waals surface area (Å²) in [6.45, 7) is 5.53. The number of hydrogen-bond acceptors (Lipinski definition) is 7. The fourth-order valence-electron chi connectivity index (χ4n) is 3.36. The molecular weight excluding hydrogens is 306 g/mol. The first-order chi connectivity index (χ1) is 11.4. The molecule has 8 nitrogen and oxygen atoms in total. The third-order valence-corrected chi connectivity index (χ3v) is 4.85. The molecule has 0 saturated carbocycles. The van der Waals surface area contributed by atoms with Gasteiger partial charge < -0.3 is 15.5 Å². The van der Waals surface area contributed by atoms with E-state index in [4.69, 9.17) is 5.73 Å². The van der Waals surface area contributed by atoms with Crippen LogP contribution in [0.3, 0.4) is 0 Å². The zero-order valence-corrected chi connectivity index (χ0v) is 14.8. The molecule has 1 amide bonds. The molecule has 0 bridgehead atoms. The summed E-state index contributed by atoms with van der Waals surface area (Å²) >= 11 is 0. The number of anilines is 2. The van der Waals surface area contributed by atoms with Gasteiger partial charge in [-0.2, -0.15) is 4.98 Å². The second kappa shape index (κ2) is 5.92. The molecule has 0 radical (unpaired) electrons.